The standard InChI is InChI=1S/C15H22N2O3/c18-11-14(19)9-16-15(20)10-17-7-5-12-3-1-2-4-13(12)6-8-17/h1-4,14,18-19H,5-11H2,(H,16,20)/t14-/m0/s1. The van der Waals surface area contributed by atoms with E-state index in [0.717, 1.165) is 25.9 Å². The van der Waals surface area contributed by atoms with E-state index in [0.29, 0.717) is 6.54 Å². The van der Waals surface area contributed by atoms with Gasteiger partial charge in [-0.2, -0.15) is 0 Å². The lowest BCUT2D eigenvalue weighted by Gasteiger charge is -2.19. The number of hydrogen-bond acceptors (Lipinski definition) is 4. The van der Waals surface area contributed by atoms with E-state index >= 15 is 0 Å². The summed E-state index contributed by atoms with van der Waals surface area (Å²) in [6.07, 6.45) is 1.04. The molecule has 1 atom stereocenters. The summed E-state index contributed by atoms with van der Waals surface area (Å²) >= 11 is 0. The van der Waals surface area contributed by atoms with Gasteiger partial charge in [-0.25, -0.2) is 0 Å². The van der Waals surface area contributed by atoms with E-state index in [2.05, 4.69) is 34.5 Å². The summed E-state index contributed by atoms with van der Waals surface area (Å²) in [6.45, 7) is 1.84. The fourth-order valence-electron chi connectivity index (χ4n) is 2.43. The molecule has 1 aliphatic heterocycles. The molecule has 110 valence electrons. The fraction of sp³-hybridized carbons (Fsp3) is 0.533. The second-order valence-electron chi connectivity index (χ2n) is 5.19. The minimum absolute atomic E-state index is 0.101. The van der Waals surface area contributed by atoms with Crippen LogP contribution in [0, 0.1) is 0 Å². The molecule has 5 nitrogen and oxygen atoms in total. The first-order valence-corrected chi connectivity index (χ1v) is 7.04. The highest BCUT2D eigenvalue weighted by molar-refractivity contribution is 5.78. The summed E-state index contributed by atoms with van der Waals surface area (Å²) in [5.74, 6) is -0.108. The molecule has 1 aromatic carbocycles. The molecule has 1 aliphatic rings. The van der Waals surface area contributed by atoms with E-state index < -0.39 is 6.10 Å². The Labute approximate surface area is 119 Å². The quantitative estimate of drug-likeness (QED) is 0.682. The zero-order valence-corrected chi connectivity index (χ0v) is 11.6. The zero-order valence-electron chi connectivity index (χ0n) is 11.6. The lowest BCUT2D eigenvalue weighted by molar-refractivity contribution is -0.122. The largest absolute Gasteiger partial charge is 0.394 e. The van der Waals surface area contributed by atoms with Crippen molar-refractivity contribution in [3.63, 3.8) is 0 Å². The van der Waals surface area contributed by atoms with E-state index in [1.807, 2.05) is 0 Å². The van der Waals surface area contributed by atoms with Gasteiger partial charge in [0, 0.05) is 19.6 Å². The van der Waals surface area contributed by atoms with Gasteiger partial charge in [0.25, 0.3) is 0 Å². The number of nitrogens with zero attached hydrogens (tertiary/aromatic N) is 1. The summed E-state index contributed by atoms with van der Waals surface area (Å²) in [4.78, 5) is 13.9. The maximum atomic E-state index is 11.8. The van der Waals surface area contributed by atoms with Crippen molar-refractivity contribution >= 4 is 5.91 Å². The van der Waals surface area contributed by atoms with Crippen LogP contribution in [-0.4, -0.2) is 59.9 Å². The number of fused-ring (bicyclic) bond motifs is 1. The number of benzene rings is 1. The molecule has 2 rings (SSSR count). The second kappa shape index (κ2) is 7.38. The summed E-state index contributed by atoms with van der Waals surface area (Å²) < 4.78 is 0. The monoisotopic (exact) mass is 278 g/mol. The van der Waals surface area contributed by atoms with Gasteiger partial charge < -0.3 is 15.5 Å². The number of hydrogen-bond donors (Lipinski definition) is 3. The number of rotatable bonds is 5. The molecule has 0 radical (unpaired) electrons. The molecule has 0 spiro atoms. The highest BCUT2D eigenvalue weighted by Crippen LogP contribution is 2.15. The number of aliphatic hydroxyl groups is 2. The smallest absolute Gasteiger partial charge is 0.234 e. The van der Waals surface area contributed by atoms with Crippen molar-refractivity contribution in [3.8, 4) is 0 Å². The van der Waals surface area contributed by atoms with Crippen LogP contribution in [-0.2, 0) is 17.6 Å². The van der Waals surface area contributed by atoms with Gasteiger partial charge in [0.05, 0.1) is 19.3 Å². The molecule has 0 saturated heterocycles. The van der Waals surface area contributed by atoms with Crippen molar-refractivity contribution in [1.82, 2.24) is 10.2 Å². The van der Waals surface area contributed by atoms with Crippen molar-refractivity contribution in [2.45, 2.75) is 18.9 Å². The van der Waals surface area contributed by atoms with Crippen molar-refractivity contribution in [1.29, 1.82) is 0 Å². The summed E-state index contributed by atoms with van der Waals surface area (Å²) in [5.41, 5.74) is 2.73. The van der Waals surface area contributed by atoms with Crippen LogP contribution in [0.15, 0.2) is 24.3 Å². The zero-order chi connectivity index (χ0) is 14.4. The molecular weight excluding hydrogens is 256 g/mol. The predicted molar refractivity (Wildman–Crippen MR) is 76.4 cm³/mol. The van der Waals surface area contributed by atoms with Crippen molar-refractivity contribution < 1.29 is 15.0 Å². The number of aliphatic hydroxyl groups excluding tert-OH is 2. The highest BCUT2D eigenvalue weighted by Gasteiger charge is 2.16. The summed E-state index contributed by atoms with van der Waals surface area (Å²) in [5, 5.41) is 20.5. The third-order valence-electron chi connectivity index (χ3n) is 3.63. The third-order valence-corrected chi connectivity index (χ3v) is 3.63. The Balaban J connectivity index is 1.79. The Morgan fingerprint density at radius 2 is 1.85 bits per heavy atom. The first-order valence-electron chi connectivity index (χ1n) is 7.04. The average molecular weight is 278 g/mol. The molecule has 20 heavy (non-hydrogen) atoms. The third kappa shape index (κ3) is 4.30. The van der Waals surface area contributed by atoms with E-state index in [1.54, 1.807) is 0 Å². The Kier molecular flexibility index (Phi) is 5.52. The SMILES string of the molecule is O=C(CN1CCc2ccccc2CC1)NC[C@H](O)CO. The van der Waals surface area contributed by atoms with Crippen LogP contribution in [0.25, 0.3) is 0 Å². The summed E-state index contributed by atoms with van der Waals surface area (Å²) in [7, 11) is 0. The van der Waals surface area contributed by atoms with Crippen LogP contribution in [0.2, 0.25) is 0 Å². The highest BCUT2D eigenvalue weighted by atomic mass is 16.3. The number of amides is 1. The molecular formula is C15H22N2O3. The molecule has 0 saturated carbocycles. The van der Waals surface area contributed by atoms with E-state index in [4.69, 9.17) is 5.11 Å². The normalized spacial score (nSPS) is 17.1. The Bertz CT molecular complexity index is 423. The van der Waals surface area contributed by atoms with Crippen LogP contribution in [0.3, 0.4) is 0 Å². The topological polar surface area (TPSA) is 72.8 Å². The minimum atomic E-state index is -0.882. The van der Waals surface area contributed by atoms with Gasteiger partial charge in [0.2, 0.25) is 5.91 Å². The van der Waals surface area contributed by atoms with Gasteiger partial charge in [-0.3, -0.25) is 9.69 Å². The molecule has 3 N–H and O–H groups in total. The van der Waals surface area contributed by atoms with Crippen LogP contribution in [0.1, 0.15) is 11.1 Å². The van der Waals surface area contributed by atoms with E-state index in [1.165, 1.54) is 11.1 Å². The minimum Gasteiger partial charge on any atom is -0.394 e. The predicted octanol–water partition coefficient (Wildman–Crippen LogP) is -0.443. The van der Waals surface area contributed by atoms with Crippen molar-refractivity contribution in [3.05, 3.63) is 35.4 Å². The molecule has 0 unspecified atom stereocenters. The van der Waals surface area contributed by atoms with Crippen LogP contribution in [0.5, 0.6) is 0 Å². The Hall–Kier alpha value is -1.43. The number of nitrogens with one attached hydrogen (secondary N) is 1. The Morgan fingerprint density at radius 3 is 2.40 bits per heavy atom. The lowest BCUT2D eigenvalue weighted by Crippen LogP contribution is -2.41. The van der Waals surface area contributed by atoms with Crippen LogP contribution in [0.4, 0.5) is 0 Å². The van der Waals surface area contributed by atoms with Crippen LogP contribution >= 0.6 is 0 Å². The van der Waals surface area contributed by atoms with Gasteiger partial charge in [-0.1, -0.05) is 24.3 Å². The maximum absolute atomic E-state index is 11.8. The summed E-state index contributed by atoms with van der Waals surface area (Å²) in [6, 6.07) is 8.40. The first kappa shape index (κ1) is 15.0. The lowest BCUT2D eigenvalue weighted by atomic mass is 10.0. The van der Waals surface area contributed by atoms with Gasteiger partial charge in [0.1, 0.15) is 0 Å². The first-order chi connectivity index (χ1) is 9.69. The van der Waals surface area contributed by atoms with E-state index in [9.17, 15) is 9.90 Å². The van der Waals surface area contributed by atoms with Gasteiger partial charge in [-0.15, -0.1) is 0 Å². The maximum Gasteiger partial charge on any atom is 0.234 e. The average Bonchev–Trinajstić information content (AvgIpc) is 2.67. The van der Waals surface area contributed by atoms with Crippen molar-refractivity contribution in [2.75, 3.05) is 32.8 Å². The van der Waals surface area contributed by atoms with Crippen molar-refractivity contribution in [2.24, 2.45) is 0 Å². The van der Waals surface area contributed by atoms with Gasteiger partial charge in [0.15, 0.2) is 0 Å². The molecule has 1 aromatic rings. The molecule has 0 aromatic heterocycles. The molecule has 0 fully saturated rings. The molecule has 5 heteroatoms. The molecule has 1 amide bonds. The fourth-order valence-corrected chi connectivity index (χ4v) is 2.43. The molecule has 0 aliphatic carbocycles. The van der Waals surface area contributed by atoms with Gasteiger partial charge in [-0.05, 0) is 24.0 Å². The van der Waals surface area contributed by atoms with Crippen LogP contribution < -0.4 is 5.32 Å². The Morgan fingerprint density at radius 1 is 1.25 bits per heavy atom. The van der Waals surface area contributed by atoms with Gasteiger partial charge >= 0.3 is 0 Å². The molecule has 0 bridgehead atoms. The second-order valence-corrected chi connectivity index (χ2v) is 5.19. The molecule has 1 heterocycles. The van der Waals surface area contributed by atoms with E-state index in [-0.39, 0.29) is 19.1 Å². The number of carbonyl (C=O) groups excluding carboxylic acids is 1. The number of carbonyl (C=O) groups is 1.